The van der Waals surface area contributed by atoms with Crippen molar-refractivity contribution in [2.24, 2.45) is 0 Å². The molecule has 0 aliphatic rings. The van der Waals surface area contributed by atoms with E-state index in [4.69, 9.17) is 19.3 Å². The second kappa shape index (κ2) is 6.11. The predicted molar refractivity (Wildman–Crippen MR) is 88.1 cm³/mol. The van der Waals surface area contributed by atoms with Crippen LogP contribution in [0.2, 0.25) is 0 Å². The zero-order valence-electron chi connectivity index (χ0n) is 13.4. The van der Waals surface area contributed by atoms with Crippen molar-refractivity contribution in [3.05, 3.63) is 35.9 Å². The Balaban J connectivity index is 2.14. The maximum absolute atomic E-state index is 11.1. The zero-order valence-corrected chi connectivity index (χ0v) is 13.4. The molecule has 0 unspecified atom stereocenters. The number of fused-ring (bicyclic) bond motifs is 1. The molecule has 0 atom stereocenters. The molecule has 3 aromatic rings. The highest BCUT2D eigenvalue weighted by Gasteiger charge is 2.16. The van der Waals surface area contributed by atoms with Crippen LogP contribution in [-0.4, -0.2) is 42.4 Å². The quantitative estimate of drug-likeness (QED) is 0.748. The van der Waals surface area contributed by atoms with Crippen LogP contribution >= 0.6 is 0 Å². The number of H-pyrrole nitrogens is 1. The highest BCUT2D eigenvalue weighted by atomic mass is 16.5. The first-order valence-electron chi connectivity index (χ1n) is 7.10. The third-order valence-corrected chi connectivity index (χ3v) is 3.67. The van der Waals surface area contributed by atoms with E-state index in [0.717, 1.165) is 11.1 Å². The smallest absolute Gasteiger partial charge is 0.335 e. The lowest BCUT2D eigenvalue weighted by Gasteiger charge is -2.13. The number of methoxy groups -OCH3 is 3. The molecule has 0 fully saturated rings. The summed E-state index contributed by atoms with van der Waals surface area (Å²) in [4.78, 5) is 18.7. The van der Waals surface area contributed by atoms with Crippen molar-refractivity contribution in [3.8, 4) is 28.6 Å². The third-order valence-electron chi connectivity index (χ3n) is 3.67. The first kappa shape index (κ1) is 15.7. The maximum Gasteiger partial charge on any atom is 0.335 e. The molecule has 3 rings (SSSR count). The van der Waals surface area contributed by atoms with Crippen LogP contribution in [0.25, 0.3) is 22.4 Å². The lowest BCUT2D eigenvalue weighted by molar-refractivity contribution is 0.0697. The molecule has 2 aromatic carbocycles. The number of aromatic amines is 1. The van der Waals surface area contributed by atoms with Crippen LogP contribution in [0, 0.1) is 0 Å². The molecule has 0 amide bonds. The molecule has 0 spiro atoms. The Hall–Kier alpha value is -3.22. The van der Waals surface area contributed by atoms with Gasteiger partial charge in [0.05, 0.1) is 37.9 Å². The fourth-order valence-electron chi connectivity index (χ4n) is 2.49. The molecule has 0 bridgehead atoms. The van der Waals surface area contributed by atoms with Gasteiger partial charge in [-0.3, -0.25) is 0 Å². The Morgan fingerprint density at radius 1 is 1.04 bits per heavy atom. The Morgan fingerprint density at radius 2 is 1.71 bits per heavy atom. The van der Waals surface area contributed by atoms with Crippen LogP contribution < -0.4 is 14.2 Å². The standard InChI is InChI=1S/C17H16N2O5/c1-22-13-7-10(8-14(23-2)15(13)24-3)16-18-11-5-4-9(17(20)21)6-12(11)19-16/h4-8H,1-3H3,(H,18,19)(H,20,21). The van der Waals surface area contributed by atoms with Crippen LogP contribution in [0.3, 0.4) is 0 Å². The average Bonchev–Trinajstić information content (AvgIpc) is 3.03. The van der Waals surface area contributed by atoms with Crippen molar-refractivity contribution in [1.82, 2.24) is 9.97 Å². The Labute approximate surface area is 137 Å². The molecule has 0 saturated heterocycles. The molecule has 1 heterocycles. The molecule has 2 N–H and O–H groups in total. The number of carbonyl (C=O) groups is 1. The average molecular weight is 328 g/mol. The summed E-state index contributed by atoms with van der Waals surface area (Å²) in [5.41, 5.74) is 2.23. The van der Waals surface area contributed by atoms with Crippen molar-refractivity contribution < 1.29 is 24.1 Å². The van der Waals surface area contributed by atoms with Crippen molar-refractivity contribution in [1.29, 1.82) is 0 Å². The van der Waals surface area contributed by atoms with Crippen LogP contribution in [0.5, 0.6) is 17.2 Å². The highest BCUT2D eigenvalue weighted by Crippen LogP contribution is 2.40. The second-order valence-electron chi connectivity index (χ2n) is 5.04. The maximum atomic E-state index is 11.1. The summed E-state index contributed by atoms with van der Waals surface area (Å²) in [6.07, 6.45) is 0. The zero-order chi connectivity index (χ0) is 17.3. The summed E-state index contributed by atoms with van der Waals surface area (Å²) in [5, 5.41) is 9.08. The van der Waals surface area contributed by atoms with E-state index in [-0.39, 0.29) is 5.56 Å². The second-order valence-corrected chi connectivity index (χ2v) is 5.04. The van der Waals surface area contributed by atoms with Crippen molar-refractivity contribution in [2.45, 2.75) is 0 Å². The minimum Gasteiger partial charge on any atom is -0.493 e. The monoisotopic (exact) mass is 328 g/mol. The molecule has 24 heavy (non-hydrogen) atoms. The summed E-state index contributed by atoms with van der Waals surface area (Å²) < 4.78 is 16.0. The van der Waals surface area contributed by atoms with E-state index < -0.39 is 5.97 Å². The highest BCUT2D eigenvalue weighted by molar-refractivity contribution is 5.93. The fourth-order valence-corrected chi connectivity index (χ4v) is 2.49. The number of rotatable bonds is 5. The summed E-state index contributed by atoms with van der Waals surface area (Å²) in [5.74, 6) is 1.10. The van der Waals surface area contributed by atoms with E-state index in [1.54, 1.807) is 32.4 Å². The van der Waals surface area contributed by atoms with E-state index in [1.165, 1.54) is 19.2 Å². The van der Waals surface area contributed by atoms with Crippen LogP contribution in [0.1, 0.15) is 10.4 Å². The van der Waals surface area contributed by atoms with Gasteiger partial charge in [0, 0.05) is 5.56 Å². The summed E-state index contributed by atoms with van der Waals surface area (Å²) >= 11 is 0. The Bertz CT molecular complexity index is 891. The van der Waals surface area contributed by atoms with Gasteiger partial charge >= 0.3 is 5.97 Å². The predicted octanol–water partition coefficient (Wildman–Crippen LogP) is 2.95. The lowest BCUT2D eigenvalue weighted by Crippen LogP contribution is -1.96. The fraction of sp³-hybridized carbons (Fsp3) is 0.176. The Morgan fingerprint density at radius 3 is 2.25 bits per heavy atom. The Kier molecular flexibility index (Phi) is 3.99. The van der Waals surface area contributed by atoms with Gasteiger partial charge in [0.15, 0.2) is 11.5 Å². The van der Waals surface area contributed by atoms with Crippen LogP contribution in [0.4, 0.5) is 0 Å². The van der Waals surface area contributed by atoms with Gasteiger partial charge in [-0.15, -0.1) is 0 Å². The number of hydrogen-bond acceptors (Lipinski definition) is 5. The van der Waals surface area contributed by atoms with E-state index in [1.807, 2.05) is 0 Å². The molecular formula is C17H16N2O5. The summed E-state index contributed by atoms with van der Waals surface area (Å²) in [6.45, 7) is 0. The number of carboxylic acids is 1. The van der Waals surface area contributed by atoms with Crippen molar-refractivity contribution in [2.75, 3.05) is 21.3 Å². The summed E-state index contributed by atoms with van der Waals surface area (Å²) in [7, 11) is 4.62. The minimum absolute atomic E-state index is 0.186. The van der Waals surface area contributed by atoms with E-state index in [9.17, 15) is 4.79 Å². The number of benzene rings is 2. The molecule has 1 aromatic heterocycles. The van der Waals surface area contributed by atoms with Crippen molar-refractivity contribution >= 4 is 17.0 Å². The third kappa shape index (κ3) is 2.60. The number of nitrogens with one attached hydrogen (secondary N) is 1. The molecule has 0 aliphatic carbocycles. The normalized spacial score (nSPS) is 10.6. The van der Waals surface area contributed by atoms with Gasteiger partial charge in [-0.25, -0.2) is 9.78 Å². The lowest BCUT2D eigenvalue weighted by atomic mass is 10.1. The molecule has 0 aliphatic heterocycles. The molecule has 7 nitrogen and oxygen atoms in total. The molecule has 0 radical (unpaired) electrons. The van der Waals surface area contributed by atoms with Gasteiger partial charge < -0.3 is 24.3 Å². The minimum atomic E-state index is -0.991. The molecule has 7 heteroatoms. The molecule has 124 valence electrons. The number of ether oxygens (including phenoxy) is 3. The number of nitrogens with zero attached hydrogens (tertiary/aromatic N) is 1. The van der Waals surface area contributed by atoms with E-state index in [2.05, 4.69) is 9.97 Å². The van der Waals surface area contributed by atoms with Gasteiger partial charge in [0.2, 0.25) is 5.75 Å². The number of carboxylic acid groups (broad SMARTS) is 1. The van der Waals surface area contributed by atoms with Gasteiger partial charge in [0.1, 0.15) is 5.82 Å². The molecule has 0 saturated carbocycles. The largest absolute Gasteiger partial charge is 0.493 e. The SMILES string of the molecule is COc1cc(-c2nc3cc(C(=O)O)ccc3[nH]2)cc(OC)c1OC. The van der Waals surface area contributed by atoms with Crippen LogP contribution in [-0.2, 0) is 0 Å². The summed E-state index contributed by atoms with van der Waals surface area (Å²) in [6, 6.07) is 8.29. The first-order chi connectivity index (χ1) is 11.6. The van der Waals surface area contributed by atoms with Gasteiger partial charge in [-0.2, -0.15) is 0 Å². The van der Waals surface area contributed by atoms with E-state index in [0.29, 0.717) is 28.6 Å². The topological polar surface area (TPSA) is 93.7 Å². The van der Waals surface area contributed by atoms with Gasteiger partial charge in [-0.05, 0) is 30.3 Å². The first-order valence-corrected chi connectivity index (χ1v) is 7.10. The van der Waals surface area contributed by atoms with Crippen LogP contribution in [0.15, 0.2) is 30.3 Å². The number of hydrogen-bond donors (Lipinski definition) is 2. The van der Waals surface area contributed by atoms with E-state index >= 15 is 0 Å². The number of aromatic nitrogens is 2. The van der Waals surface area contributed by atoms with Gasteiger partial charge in [-0.1, -0.05) is 0 Å². The molecular weight excluding hydrogens is 312 g/mol. The number of aromatic carboxylic acids is 1. The van der Waals surface area contributed by atoms with Crippen molar-refractivity contribution in [3.63, 3.8) is 0 Å². The van der Waals surface area contributed by atoms with Gasteiger partial charge in [0.25, 0.3) is 0 Å². The number of imidazole rings is 1.